The number of nitroso groups, excluding NO2 is 1. The molecule has 0 radical (unpaired) electrons. The lowest BCUT2D eigenvalue weighted by Gasteiger charge is -2.02. The van der Waals surface area contributed by atoms with Gasteiger partial charge in [-0.2, -0.15) is 0 Å². The maximum Gasteiger partial charge on any atom is 0.266 e. The molecule has 0 saturated carbocycles. The summed E-state index contributed by atoms with van der Waals surface area (Å²) in [7, 11) is 0. The maximum atomic E-state index is 12.8. The molecule has 0 spiro atoms. The van der Waals surface area contributed by atoms with E-state index < -0.39 is 0 Å². The van der Waals surface area contributed by atoms with Crippen LogP contribution in [0.1, 0.15) is 0 Å². The first-order valence-electron chi connectivity index (χ1n) is 6.39. The molecule has 2 aromatic carbocycles. The zero-order chi connectivity index (χ0) is 15.4. The fourth-order valence-electron chi connectivity index (χ4n) is 2.72. The Bertz CT molecular complexity index is 1150. The van der Waals surface area contributed by atoms with E-state index >= 15 is 0 Å². The normalized spacial score (nSPS) is 11.5. The van der Waals surface area contributed by atoms with Gasteiger partial charge in [0.05, 0.1) is 16.4 Å². The minimum atomic E-state index is -0.215. The maximum absolute atomic E-state index is 12.8. The predicted molar refractivity (Wildman–Crippen MR) is 91.2 cm³/mol. The van der Waals surface area contributed by atoms with Crippen molar-refractivity contribution in [3.63, 3.8) is 0 Å². The van der Waals surface area contributed by atoms with E-state index in [1.807, 2.05) is 6.07 Å². The number of nitrogens with one attached hydrogen (secondary N) is 1. The number of hydrogen-bond donors (Lipinski definition) is 1. The van der Waals surface area contributed by atoms with Crippen molar-refractivity contribution in [2.24, 2.45) is 5.18 Å². The molecule has 0 bridgehead atoms. The number of H-pyrrole nitrogens is 1. The van der Waals surface area contributed by atoms with Gasteiger partial charge in [0.25, 0.3) is 5.56 Å². The summed E-state index contributed by atoms with van der Waals surface area (Å²) in [5, 5.41) is 4.63. The van der Waals surface area contributed by atoms with Gasteiger partial charge in [-0.25, -0.2) is 0 Å². The molecule has 5 nitrogen and oxygen atoms in total. The van der Waals surface area contributed by atoms with Gasteiger partial charge in [-0.15, -0.1) is 4.91 Å². The Morgan fingerprint density at radius 2 is 1.95 bits per heavy atom. The average molecular weight is 377 g/mol. The molecule has 4 rings (SSSR count). The molecule has 0 unspecified atom stereocenters. The van der Waals surface area contributed by atoms with Crippen LogP contribution in [-0.2, 0) is 0 Å². The van der Waals surface area contributed by atoms with Gasteiger partial charge in [-0.3, -0.25) is 9.20 Å². The molecule has 0 amide bonds. The highest BCUT2D eigenvalue weighted by atomic mass is 79.9. The largest absolute Gasteiger partial charge is 0.339 e. The fourth-order valence-corrected chi connectivity index (χ4v) is 3.25. The molecule has 0 aliphatic carbocycles. The Balaban J connectivity index is 2.36. The highest BCUT2D eigenvalue weighted by Gasteiger charge is 2.17. The summed E-state index contributed by atoms with van der Waals surface area (Å²) < 4.78 is 2.26. The van der Waals surface area contributed by atoms with Crippen molar-refractivity contribution in [3.8, 4) is 0 Å². The second-order valence-corrected chi connectivity index (χ2v) is 6.26. The van der Waals surface area contributed by atoms with Gasteiger partial charge < -0.3 is 4.98 Å². The standard InChI is InChI=1S/C15H7BrClN3O2/c16-7-1-3-11-9(5-7)15(21)20-12-4-2-8(17)6-10(12)13(19-22)14(20)18-11/h1-6,18H. The third-order valence-electron chi connectivity index (χ3n) is 3.66. The zero-order valence-corrected chi connectivity index (χ0v) is 13.3. The Hall–Kier alpha value is -2.18. The lowest BCUT2D eigenvalue weighted by molar-refractivity contribution is 1.15. The van der Waals surface area contributed by atoms with Gasteiger partial charge in [-0.1, -0.05) is 27.5 Å². The van der Waals surface area contributed by atoms with Crippen LogP contribution in [-0.4, -0.2) is 9.38 Å². The molecule has 108 valence electrons. The Morgan fingerprint density at radius 3 is 2.73 bits per heavy atom. The van der Waals surface area contributed by atoms with Crippen LogP contribution in [0.2, 0.25) is 5.02 Å². The van der Waals surface area contributed by atoms with E-state index in [0.29, 0.717) is 32.5 Å². The van der Waals surface area contributed by atoms with Crippen LogP contribution in [0.4, 0.5) is 5.69 Å². The number of aromatic amines is 1. The first-order chi connectivity index (χ1) is 10.6. The number of aromatic nitrogens is 2. The van der Waals surface area contributed by atoms with Gasteiger partial charge >= 0.3 is 0 Å². The summed E-state index contributed by atoms with van der Waals surface area (Å²) >= 11 is 9.35. The molecule has 0 fully saturated rings. The first kappa shape index (κ1) is 13.5. The van der Waals surface area contributed by atoms with Gasteiger partial charge in [0.1, 0.15) is 5.65 Å². The highest BCUT2D eigenvalue weighted by Crippen LogP contribution is 2.34. The molecule has 0 saturated heterocycles. The van der Waals surface area contributed by atoms with Crippen LogP contribution in [0.3, 0.4) is 0 Å². The lowest BCUT2D eigenvalue weighted by atomic mass is 10.2. The second-order valence-electron chi connectivity index (χ2n) is 4.91. The molecule has 4 aromatic rings. The summed E-state index contributed by atoms with van der Waals surface area (Å²) in [4.78, 5) is 27.2. The summed E-state index contributed by atoms with van der Waals surface area (Å²) in [6, 6.07) is 10.4. The topological polar surface area (TPSA) is 66.7 Å². The van der Waals surface area contributed by atoms with Crippen LogP contribution in [0, 0.1) is 4.91 Å². The van der Waals surface area contributed by atoms with E-state index in [2.05, 4.69) is 26.1 Å². The molecule has 0 aliphatic heterocycles. The number of benzene rings is 2. The number of halogens is 2. The van der Waals surface area contributed by atoms with Crippen LogP contribution >= 0.6 is 27.5 Å². The van der Waals surface area contributed by atoms with E-state index in [9.17, 15) is 9.70 Å². The summed E-state index contributed by atoms with van der Waals surface area (Å²) in [5.41, 5.74) is 1.57. The molecule has 2 aromatic heterocycles. The quantitative estimate of drug-likeness (QED) is 0.487. The zero-order valence-electron chi connectivity index (χ0n) is 10.9. The number of fused-ring (bicyclic) bond motifs is 4. The van der Waals surface area contributed by atoms with E-state index in [0.717, 1.165) is 4.47 Å². The van der Waals surface area contributed by atoms with Crippen LogP contribution < -0.4 is 5.56 Å². The second kappa shape index (κ2) is 4.66. The van der Waals surface area contributed by atoms with E-state index in [1.54, 1.807) is 30.3 Å². The summed E-state index contributed by atoms with van der Waals surface area (Å²) in [6.45, 7) is 0. The first-order valence-corrected chi connectivity index (χ1v) is 7.56. The summed E-state index contributed by atoms with van der Waals surface area (Å²) in [5.74, 6) is 0. The Labute approximate surface area is 136 Å². The molecular formula is C15H7BrClN3O2. The van der Waals surface area contributed by atoms with Crippen molar-refractivity contribution >= 4 is 60.7 Å². The molecule has 2 heterocycles. The Morgan fingerprint density at radius 1 is 1.14 bits per heavy atom. The number of nitrogens with zero attached hydrogens (tertiary/aromatic N) is 2. The monoisotopic (exact) mass is 375 g/mol. The number of hydrogen-bond acceptors (Lipinski definition) is 3. The van der Waals surface area contributed by atoms with Crippen LogP contribution in [0.25, 0.3) is 27.5 Å². The Kier molecular flexibility index (Phi) is 2.85. The molecular weight excluding hydrogens is 370 g/mol. The third kappa shape index (κ3) is 1.74. The lowest BCUT2D eigenvalue weighted by Crippen LogP contribution is -2.13. The van der Waals surface area contributed by atoms with Gasteiger partial charge in [-0.05, 0) is 41.6 Å². The molecule has 0 atom stereocenters. The van der Waals surface area contributed by atoms with Crippen LogP contribution in [0.15, 0.2) is 50.8 Å². The highest BCUT2D eigenvalue weighted by molar-refractivity contribution is 9.10. The van der Waals surface area contributed by atoms with Crippen molar-refractivity contribution in [1.29, 1.82) is 0 Å². The third-order valence-corrected chi connectivity index (χ3v) is 4.39. The SMILES string of the molecule is O=Nc1c2cc(Cl)ccc2n2c(=O)c3cc(Br)ccc3[nH]c12. The molecule has 7 heteroatoms. The number of rotatable bonds is 1. The molecule has 0 aliphatic rings. The van der Waals surface area contributed by atoms with Gasteiger partial charge in [0.2, 0.25) is 0 Å². The minimum Gasteiger partial charge on any atom is -0.339 e. The van der Waals surface area contributed by atoms with Gasteiger partial charge in [0.15, 0.2) is 5.69 Å². The fraction of sp³-hybridized carbons (Fsp3) is 0. The minimum absolute atomic E-state index is 0.180. The predicted octanol–water partition coefficient (Wildman–Crippen LogP) is 4.75. The van der Waals surface area contributed by atoms with E-state index in [-0.39, 0.29) is 11.2 Å². The molecule has 1 N–H and O–H groups in total. The van der Waals surface area contributed by atoms with E-state index in [4.69, 9.17) is 11.6 Å². The molecule has 22 heavy (non-hydrogen) atoms. The van der Waals surface area contributed by atoms with Gasteiger partial charge in [0, 0.05) is 14.9 Å². The van der Waals surface area contributed by atoms with Crippen LogP contribution in [0.5, 0.6) is 0 Å². The van der Waals surface area contributed by atoms with E-state index in [1.165, 1.54) is 4.40 Å². The smallest absolute Gasteiger partial charge is 0.266 e. The average Bonchev–Trinajstić information content (AvgIpc) is 2.81. The van der Waals surface area contributed by atoms with Crippen molar-refractivity contribution in [2.75, 3.05) is 0 Å². The van der Waals surface area contributed by atoms with Crippen molar-refractivity contribution < 1.29 is 0 Å². The summed E-state index contributed by atoms with van der Waals surface area (Å²) in [6.07, 6.45) is 0. The van der Waals surface area contributed by atoms with Crippen molar-refractivity contribution in [3.05, 3.63) is 61.2 Å². The van der Waals surface area contributed by atoms with Crippen molar-refractivity contribution in [2.45, 2.75) is 0 Å². The van der Waals surface area contributed by atoms with Crippen molar-refractivity contribution in [1.82, 2.24) is 9.38 Å².